The summed E-state index contributed by atoms with van der Waals surface area (Å²) in [6.45, 7) is 4.40. The number of benzene rings is 1. The molecule has 15 heavy (non-hydrogen) atoms. The first-order valence-electron chi connectivity index (χ1n) is 5.99. The highest BCUT2D eigenvalue weighted by atomic mass is 16.3. The first kappa shape index (κ1) is 10.7. The molecule has 82 valence electrons. The molecule has 1 aliphatic carbocycles. The second-order valence-electron chi connectivity index (χ2n) is 4.87. The van der Waals surface area contributed by atoms with Crippen molar-refractivity contribution in [3.8, 4) is 0 Å². The zero-order chi connectivity index (χ0) is 10.8. The molecule has 1 atom stereocenters. The van der Waals surface area contributed by atoms with Gasteiger partial charge in [-0.1, -0.05) is 38.5 Å². The predicted octanol–water partition coefficient (Wildman–Crippen LogP) is 3.57. The van der Waals surface area contributed by atoms with Crippen LogP contribution in [-0.4, -0.2) is 5.11 Å². The van der Waals surface area contributed by atoms with Crippen LogP contribution in [0.5, 0.6) is 0 Å². The van der Waals surface area contributed by atoms with E-state index in [9.17, 15) is 5.11 Å². The maximum absolute atomic E-state index is 10.0. The Hall–Kier alpha value is -0.820. The van der Waals surface area contributed by atoms with Crippen molar-refractivity contribution in [3.05, 3.63) is 34.9 Å². The Balaban J connectivity index is 2.39. The van der Waals surface area contributed by atoms with Crippen LogP contribution in [-0.2, 0) is 6.42 Å². The van der Waals surface area contributed by atoms with Crippen LogP contribution in [0.1, 0.15) is 61.8 Å². The lowest BCUT2D eigenvalue weighted by Gasteiger charge is -2.15. The molecule has 1 aromatic rings. The molecule has 0 amide bonds. The fourth-order valence-electron chi connectivity index (χ4n) is 2.32. The molecule has 0 bridgehead atoms. The van der Waals surface area contributed by atoms with E-state index in [-0.39, 0.29) is 6.10 Å². The van der Waals surface area contributed by atoms with Crippen molar-refractivity contribution >= 4 is 0 Å². The lowest BCUT2D eigenvalue weighted by molar-refractivity contribution is 0.166. The smallest absolute Gasteiger partial charge is 0.0792 e. The van der Waals surface area contributed by atoms with E-state index < -0.39 is 0 Å². The second kappa shape index (κ2) is 4.36. The molecule has 0 radical (unpaired) electrons. The quantitative estimate of drug-likeness (QED) is 0.693. The van der Waals surface area contributed by atoms with Crippen LogP contribution in [0.4, 0.5) is 0 Å². The van der Waals surface area contributed by atoms with Crippen LogP contribution in [0.25, 0.3) is 0 Å². The summed E-state index contributed by atoms with van der Waals surface area (Å²) in [4.78, 5) is 0. The van der Waals surface area contributed by atoms with Crippen LogP contribution in [0, 0.1) is 0 Å². The van der Waals surface area contributed by atoms with Crippen LogP contribution in [0.15, 0.2) is 18.2 Å². The van der Waals surface area contributed by atoms with Gasteiger partial charge >= 0.3 is 0 Å². The minimum atomic E-state index is -0.235. The van der Waals surface area contributed by atoms with Crippen LogP contribution in [0.3, 0.4) is 0 Å². The Morgan fingerprint density at radius 2 is 2.07 bits per heavy atom. The van der Waals surface area contributed by atoms with E-state index in [0.717, 1.165) is 19.3 Å². The molecular weight excluding hydrogens is 184 g/mol. The molecule has 0 spiro atoms. The highest BCUT2D eigenvalue weighted by molar-refractivity contribution is 5.35. The normalized spacial score (nSPS) is 21.2. The average Bonchev–Trinajstić information content (AvgIpc) is 2.40. The van der Waals surface area contributed by atoms with Gasteiger partial charge in [0.05, 0.1) is 6.10 Å². The summed E-state index contributed by atoms with van der Waals surface area (Å²) in [6, 6.07) is 6.62. The lowest BCUT2D eigenvalue weighted by atomic mass is 9.94. The van der Waals surface area contributed by atoms with Crippen LogP contribution < -0.4 is 0 Å². The molecule has 1 heteroatoms. The maximum atomic E-state index is 10.0. The van der Waals surface area contributed by atoms with E-state index in [1.165, 1.54) is 23.1 Å². The van der Waals surface area contributed by atoms with Gasteiger partial charge in [0.25, 0.3) is 0 Å². The Labute approximate surface area is 92.1 Å². The fraction of sp³-hybridized carbons (Fsp3) is 0.571. The zero-order valence-electron chi connectivity index (χ0n) is 9.66. The minimum Gasteiger partial charge on any atom is -0.388 e. The number of aliphatic hydroxyl groups excluding tert-OH is 1. The van der Waals surface area contributed by atoms with Crippen LogP contribution in [0.2, 0.25) is 0 Å². The van der Waals surface area contributed by atoms with Gasteiger partial charge in [-0.05, 0) is 41.9 Å². The third kappa shape index (κ3) is 2.23. The molecule has 0 saturated carbocycles. The van der Waals surface area contributed by atoms with Crippen molar-refractivity contribution in [2.75, 3.05) is 0 Å². The summed E-state index contributed by atoms with van der Waals surface area (Å²) < 4.78 is 0. The number of hydrogen-bond donors (Lipinski definition) is 1. The molecule has 0 unspecified atom stereocenters. The molecule has 0 fully saturated rings. The van der Waals surface area contributed by atoms with Gasteiger partial charge in [-0.15, -0.1) is 0 Å². The summed E-state index contributed by atoms with van der Waals surface area (Å²) in [6.07, 6.45) is 4.18. The van der Waals surface area contributed by atoms with Gasteiger partial charge in [-0.25, -0.2) is 0 Å². The van der Waals surface area contributed by atoms with Crippen molar-refractivity contribution in [3.63, 3.8) is 0 Å². The predicted molar refractivity (Wildman–Crippen MR) is 63.0 cm³/mol. The molecule has 1 aromatic carbocycles. The first-order valence-corrected chi connectivity index (χ1v) is 5.99. The topological polar surface area (TPSA) is 20.2 Å². The maximum Gasteiger partial charge on any atom is 0.0792 e. The van der Waals surface area contributed by atoms with Crippen molar-refractivity contribution in [2.24, 2.45) is 0 Å². The largest absolute Gasteiger partial charge is 0.388 e. The highest BCUT2D eigenvalue weighted by Gasteiger charge is 2.16. The van der Waals surface area contributed by atoms with E-state index in [1.807, 2.05) is 0 Å². The zero-order valence-corrected chi connectivity index (χ0v) is 9.66. The van der Waals surface area contributed by atoms with E-state index in [0.29, 0.717) is 5.92 Å². The van der Waals surface area contributed by atoms with Gasteiger partial charge in [0.2, 0.25) is 0 Å². The Morgan fingerprint density at radius 3 is 2.80 bits per heavy atom. The highest BCUT2D eigenvalue weighted by Crippen LogP contribution is 2.30. The summed E-state index contributed by atoms with van der Waals surface area (Å²) >= 11 is 0. The van der Waals surface area contributed by atoms with E-state index in [1.54, 1.807) is 0 Å². The van der Waals surface area contributed by atoms with E-state index in [2.05, 4.69) is 32.0 Å². The summed E-state index contributed by atoms with van der Waals surface area (Å²) in [5, 5.41) is 10.0. The van der Waals surface area contributed by atoms with Gasteiger partial charge in [-0.3, -0.25) is 0 Å². The first-order chi connectivity index (χ1) is 7.18. The molecule has 2 rings (SSSR count). The lowest BCUT2D eigenvalue weighted by Crippen LogP contribution is -2.00. The molecule has 0 saturated heterocycles. The number of rotatable bonds is 1. The third-order valence-electron chi connectivity index (χ3n) is 3.37. The fourth-order valence-corrected chi connectivity index (χ4v) is 2.32. The van der Waals surface area contributed by atoms with Gasteiger partial charge in [0.1, 0.15) is 0 Å². The third-order valence-corrected chi connectivity index (χ3v) is 3.37. The van der Waals surface area contributed by atoms with E-state index >= 15 is 0 Å². The summed E-state index contributed by atoms with van der Waals surface area (Å²) in [5.74, 6) is 0.547. The van der Waals surface area contributed by atoms with Crippen molar-refractivity contribution < 1.29 is 5.11 Å². The summed E-state index contributed by atoms with van der Waals surface area (Å²) in [5.41, 5.74) is 3.87. The van der Waals surface area contributed by atoms with Crippen molar-refractivity contribution in [2.45, 2.75) is 51.6 Å². The number of fused-ring (bicyclic) bond motifs is 1. The standard InChI is InChI=1S/C14H20O/c1-10(2)12-8-7-11-5-3-4-6-14(15)13(11)9-12/h7-10,14-15H,3-6H2,1-2H3/t14-/m0/s1. The second-order valence-corrected chi connectivity index (χ2v) is 4.87. The molecule has 0 heterocycles. The average molecular weight is 204 g/mol. The van der Waals surface area contributed by atoms with Crippen molar-refractivity contribution in [1.82, 2.24) is 0 Å². The van der Waals surface area contributed by atoms with E-state index in [4.69, 9.17) is 0 Å². The molecule has 1 nitrogen and oxygen atoms in total. The van der Waals surface area contributed by atoms with Crippen LogP contribution >= 0.6 is 0 Å². The van der Waals surface area contributed by atoms with Gasteiger partial charge in [0, 0.05) is 0 Å². The molecule has 1 N–H and O–H groups in total. The molecule has 0 aliphatic heterocycles. The number of aryl methyl sites for hydroxylation is 1. The van der Waals surface area contributed by atoms with Gasteiger partial charge in [-0.2, -0.15) is 0 Å². The number of hydrogen-bond acceptors (Lipinski definition) is 1. The molecule has 1 aliphatic rings. The van der Waals surface area contributed by atoms with Gasteiger partial charge < -0.3 is 5.11 Å². The Bertz CT molecular complexity index is 341. The minimum absolute atomic E-state index is 0.235. The monoisotopic (exact) mass is 204 g/mol. The summed E-state index contributed by atoms with van der Waals surface area (Å²) in [7, 11) is 0. The SMILES string of the molecule is CC(C)c1ccc2c(c1)[C@@H](O)CCCC2. The van der Waals surface area contributed by atoms with Crippen molar-refractivity contribution in [1.29, 1.82) is 0 Å². The molecule has 0 aromatic heterocycles. The molecular formula is C14H20O. The van der Waals surface area contributed by atoms with Gasteiger partial charge in [0.15, 0.2) is 0 Å². The Kier molecular flexibility index (Phi) is 3.11. The Morgan fingerprint density at radius 1 is 1.27 bits per heavy atom. The number of aliphatic hydroxyl groups is 1.